The lowest BCUT2D eigenvalue weighted by molar-refractivity contribution is 0.0378. The largest absolute Gasteiger partial charge is 0.459 e. The highest BCUT2D eigenvalue weighted by Gasteiger charge is 2.12. The summed E-state index contributed by atoms with van der Waals surface area (Å²) in [6.45, 7) is 5.25. The van der Waals surface area contributed by atoms with Gasteiger partial charge in [0, 0.05) is 0 Å². The molecule has 0 saturated carbocycles. The van der Waals surface area contributed by atoms with Crippen molar-refractivity contribution in [2.75, 3.05) is 0 Å². The summed E-state index contributed by atoms with van der Waals surface area (Å²) in [6.07, 6.45) is -0.209. The van der Waals surface area contributed by atoms with Gasteiger partial charge < -0.3 is 9.47 Å². The van der Waals surface area contributed by atoms with Crippen LogP contribution in [0.3, 0.4) is 0 Å². The zero-order chi connectivity index (χ0) is 21.0. The fourth-order valence-corrected chi connectivity index (χ4v) is 2.68. The SMILES string of the molecule is Cc1ccc(-c2ccc(C(=O)Oc3ccc(C(=O)OC(C)C)cc3)cc2)cc1F. The molecule has 0 unspecified atom stereocenters. The molecule has 0 amide bonds. The van der Waals surface area contributed by atoms with Crippen molar-refractivity contribution in [2.45, 2.75) is 26.9 Å². The minimum Gasteiger partial charge on any atom is -0.459 e. The van der Waals surface area contributed by atoms with Crippen molar-refractivity contribution in [2.24, 2.45) is 0 Å². The number of aryl methyl sites for hydroxylation is 1. The van der Waals surface area contributed by atoms with Gasteiger partial charge in [0.2, 0.25) is 0 Å². The standard InChI is InChI=1S/C24H21FO4/c1-15(2)28-23(26)19-10-12-21(13-11-19)29-24(27)18-8-6-17(7-9-18)20-5-4-16(3)22(25)14-20/h4-15H,1-3H3. The van der Waals surface area contributed by atoms with Crippen molar-refractivity contribution in [3.63, 3.8) is 0 Å². The first-order chi connectivity index (χ1) is 13.8. The number of carbonyl (C=O) groups excluding carboxylic acids is 2. The Labute approximate surface area is 168 Å². The second-order valence-corrected chi connectivity index (χ2v) is 6.91. The van der Waals surface area contributed by atoms with Gasteiger partial charge >= 0.3 is 11.9 Å². The second kappa shape index (κ2) is 8.69. The lowest BCUT2D eigenvalue weighted by atomic mass is 10.0. The molecule has 0 bridgehead atoms. The van der Waals surface area contributed by atoms with Gasteiger partial charge in [0.05, 0.1) is 17.2 Å². The monoisotopic (exact) mass is 392 g/mol. The number of hydrogen-bond acceptors (Lipinski definition) is 4. The van der Waals surface area contributed by atoms with Gasteiger partial charge in [-0.25, -0.2) is 14.0 Å². The van der Waals surface area contributed by atoms with E-state index in [1.54, 1.807) is 63.2 Å². The molecule has 0 atom stereocenters. The molecule has 0 radical (unpaired) electrons. The molecule has 4 nitrogen and oxygen atoms in total. The average Bonchev–Trinajstić information content (AvgIpc) is 2.70. The Morgan fingerprint density at radius 2 is 1.34 bits per heavy atom. The van der Waals surface area contributed by atoms with Crippen LogP contribution < -0.4 is 4.74 Å². The Morgan fingerprint density at radius 3 is 1.93 bits per heavy atom. The highest BCUT2D eigenvalue weighted by Crippen LogP contribution is 2.23. The highest BCUT2D eigenvalue weighted by molar-refractivity contribution is 5.92. The summed E-state index contributed by atoms with van der Waals surface area (Å²) in [7, 11) is 0. The Morgan fingerprint density at radius 1 is 0.793 bits per heavy atom. The first kappa shape index (κ1) is 20.3. The number of benzene rings is 3. The van der Waals surface area contributed by atoms with E-state index in [4.69, 9.17) is 9.47 Å². The molecule has 0 aliphatic carbocycles. The number of ether oxygens (including phenoxy) is 2. The molecule has 0 N–H and O–H groups in total. The molecule has 0 spiro atoms. The van der Waals surface area contributed by atoms with Crippen molar-refractivity contribution in [3.05, 3.63) is 89.2 Å². The van der Waals surface area contributed by atoms with Crippen LogP contribution in [0.25, 0.3) is 11.1 Å². The average molecular weight is 392 g/mol. The third-order valence-electron chi connectivity index (χ3n) is 4.27. The number of halogens is 1. The van der Waals surface area contributed by atoms with Crippen molar-refractivity contribution in [1.82, 2.24) is 0 Å². The van der Waals surface area contributed by atoms with E-state index in [9.17, 15) is 14.0 Å². The van der Waals surface area contributed by atoms with E-state index in [2.05, 4.69) is 0 Å². The predicted molar refractivity (Wildman–Crippen MR) is 109 cm³/mol. The van der Waals surface area contributed by atoms with Crippen LogP contribution in [0, 0.1) is 12.7 Å². The normalized spacial score (nSPS) is 10.7. The molecule has 0 saturated heterocycles. The van der Waals surface area contributed by atoms with E-state index < -0.39 is 11.9 Å². The molecule has 3 aromatic carbocycles. The molecule has 3 aromatic rings. The molecule has 0 aromatic heterocycles. The third-order valence-corrected chi connectivity index (χ3v) is 4.27. The smallest absolute Gasteiger partial charge is 0.343 e. The van der Waals surface area contributed by atoms with Crippen LogP contribution in [0.1, 0.15) is 40.1 Å². The van der Waals surface area contributed by atoms with E-state index in [1.165, 1.54) is 18.2 Å². The van der Waals surface area contributed by atoms with Gasteiger partial charge in [-0.1, -0.05) is 24.3 Å². The van der Waals surface area contributed by atoms with Crippen molar-refractivity contribution >= 4 is 11.9 Å². The van der Waals surface area contributed by atoms with Gasteiger partial charge in [-0.3, -0.25) is 0 Å². The Bertz CT molecular complexity index is 1020. The molecule has 0 fully saturated rings. The maximum absolute atomic E-state index is 13.8. The van der Waals surface area contributed by atoms with Crippen molar-refractivity contribution in [1.29, 1.82) is 0 Å². The lowest BCUT2D eigenvalue weighted by Gasteiger charge is -2.09. The quantitative estimate of drug-likeness (QED) is 0.420. The first-order valence-electron chi connectivity index (χ1n) is 9.23. The van der Waals surface area contributed by atoms with Gasteiger partial charge in [0.1, 0.15) is 11.6 Å². The summed E-state index contributed by atoms with van der Waals surface area (Å²) in [5.41, 5.74) is 2.86. The van der Waals surface area contributed by atoms with Crippen LogP contribution in [-0.4, -0.2) is 18.0 Å². The first-order valence-corrected chi connectivity index (χ1v) is 9.23. The number of esters is 2. The maximum atomic E-state index is 13.8. The van der Waals surface area contributed by atoms with Crippen LogP contribution in [0.15, 0.2) is 66.7 Å². The minimum atomic E-state index is -0.524. The summed E-state index contributed by atoms with van der Waals surface area (Å²) in [6, 6.07) is 17.9. The zero-order valence-electron chi connectivity index (χ0n) is 16.4. The Balaban J connectivity index is 1.67. The lowest BCUT2D eigenvalue weighted by Crippen LogP contribution is -2.12. The fraction of sp³-hybridized carbons (Fsp3) is 0.167. The van der Waals surface area contributed by atoms with Crippen LogP contribution in [-0.2, 0) is 4.74 Å². The molecule has 0 heterocycles. The van der Waals surface area contributed by atoms with Gasteiger partial charge in [-0.05, 0) is 79.9 Å². The van der Waals surface area contributed by atoms with Gasteiger partial charge in [-0.2, -0.15) is 0 Å². The zero-order valence-corrected chi connectivity index (χ0v) is 16.4. The molecule has 3 rings (SSSR count). The van der Waals surface area contributed by atoms with E-state index in [-0.39, 0.29) is 11.9 Å². The van der Waals surface area contributed by atoms with E-state index in [0.717, 1.165) is 11.1 Å². The summed E-state index contributed by atoms with van der Waals surface area (Å²) < 4.78 is 24.2. The number of hydrogen-bond donors (Lipinski definition) is 0. The Hall–Kier alpha value is -3.47. The van der Waals surface area contributed by atoms with Gasteiger partial charge in [-0.15, -0.1) is 0 Å². The summed E-state index contributed by atoms with van der Waals surface area (Å²) in [5.74, 6) is -0.905. The van der Waals surface area contributed by atoms with E-state index in [1.807, 2.05) is 6.07 Å². The van der Waals surface area contributed by atoms with E-state index in [0.29, 0.717) is 22.4 Å². The molecule has 0 aliphatic heterocycles. The molecule has 29 heavy (non-hydrogen) atoms. The summed E-state index contributed by atoms with van der Waals surface area (Å²) in [5, 5.41) is 0. The van der Waals surface area contributed by atoms with Gasteiger partial charge in [0.25, 0.3) is 0 Å². The Kier molecular flexibility index (Phi) is 6.07. The second-order valence-electron chi connectivity index (χ2n) is 6.91. The van der Waals surface area contributed by atoms with Crippen molar-refractivity contribution < 1.29 is 23.5 Å². The predicted octanol–water partition coefficient (Wildman–Crippen LogP) is 5.59. The highest BCUT2D eigenvalue weighted by atomic mass is 19.1. The van der Waals surface area contributed by atoms with Crippen LogP contribution in [0.5, 0.6) is 5.75 Å². The third kappa shape index (κ3) is 5.08. The van der Waals surface area contributed by atoms with Crippen LogP contribution in [0.2, 0.25) is 0 Å². The molecule has 148 valence electrons. The maximum Gasteiger partial charge on any atom is 0.343 e. The van der Waals surface area contributed by atoms with Crippen LogP contribution >= 0.6 is 0 Å². The topological polar surface area (TPSA) is 52.6 Å². The summed E-state index contributed by atoms with van der Waals surface area (Å²) in [4.78, 5) is 24.2. The van der Waals surface area contributed by atoms with Crippen molar-refractivity contribution in [3.8, 4) is 16.9 Å². The fourth-order valence-electron chi connectivity index (χ4n) is 2.68. The number of rotatable bonds is 5. The van der Waals surface area contributed by atoms with E-state index >= 15 is 0 Å². The van der Waals surface area contributed by atoms with Gasteiger partial charge in [0.15, 0.2) is 0 Å². The molecule has 0 aliphatic rings. The molecular formula is C24H21FO4. The molecule has 5 heteroatoms. The molecular weight excluding hydrogens is 371 g/mol. The minimum absolute atomic E-state index is 0.209. The summed E-state index contributed by atoms with van der Waals surface area (Å²) >= 11 is 0. The van der Waals surface area contributed by atoms with Crippen LogP contribution in [0.4, 0.5) is 4.39 Å². The number of carbonyl (C=O) groups is 2.